The normalized spacial score (nSPS) is 15.1. The highest BCUT2D eigenvalue weighted by atomic mass is 35.5. The summed E-state index contributed by atoms with van der Waals surface area (Å²) in [5, 5.41) is 6.23. The summed E-state index contributed by atoms with van der Waals surface area (Å²) in [6.45, 7) is 6.47. The Kier molecular flexibility index (Phi) is 5.72. The Morgan fingerprint density at radius 3 is 2.44 bits per heavy atom. The van der Waals surface area contributed by atoms with E-state index in [1.54, 1.807) is 6.21 Å². The maximum absolute atomic E-state index is 12.8. The number of hydrogen-bond acceptors (Lipinski definition) is 6. The molecule has 0 fully saturated rings. The summed E-state index contributed by atoms with van der Waals surface area (Å²) in [4.78, 5) is 12.7. The quantitative estimate of drug-likeness (QED) is 0.729. The zero-order valence-corrected chi connectivity index (χ0v) is 16.1. The molecule has 2 heterocycles. The van der Waals surface area contributed by atoms with Crippen molar-refractivity contribution in [2.45, 2.75) is 32.9 Å². The molecule has 0 bridgehead atoms. The van der Waals surface area contributed by atoms with E-state index in [-0.39, 0.29) is 12.1 Å². The first-order valence-electron chi connectivity index (χ1n) is 8.38. The zero-order valence-electron chi connectivity index (χ0n) is 15.3. The molecule has 0 saturated carbocycles. The number of hydroxylamine groups is 1. The van der Waals surface area contributed by atoms with Crippen LogP contribution in [0.5, 0.6) is 0 Å². The second-order valence-corrected chi connectivity index (χ2v) is 7.41. The fourth-order valence-electron chi connectivity index (χ4n) is 2.30. The topological polar surface area (TPSA) is 59.8 Å². The van der Waals surface area contributed by atoms with E-state index < -0.39 is 6.08 Å². The van der Waals surface area contributed by atoms with Gasteiger partial charge in [0.2, 0.25) is 0 Å². The summed E-state index contributed by atoms with van der Waals surface area (Å²) in [6, 6.07) is 7.63. The first-order valence-corrected chi connectivity index (χ1v) is 8.76. The Bertz CT molecular complexity index is 846. The van der Waals surface area contributed by atoms with E-state index in [2.05, 4.69) is 15.1 Å². The van der Waals surface area contributed by atoms with Crippen molar-refractivity contribution in [3.63, 3.8) is 0 Å². The first-order chi connectivity index (χ1) is 12.8. The van der Waals surface area contributed by atoms with E-state index in [1.807, 2.05) is 45.0 Å². The van der Waals surface area contributed by atoms with E-state index in [9.17, 15) is 4.39 Å². The third-order valence-electron chi connectivity index (χ3n) is 3.74. The highest BCUT2D eigenvalue weighted by Gasteiger charge is 2.23. The predicted octanol–water partition coefficient (Wildman–Crippen LogP) is 4.28. The van der Waals surface area contributed by atoms with Crippen molar-refractivity contribution in [3.05, 3.63) is 59.1 Å². The highest BCUT2D eigenvalue weighted by molar-refractivity contribution is 6.31. The van der Waals surface area contributed by atoms with Gasteiger partial charge in [0.1, 0.15) is 13.2 Å². The number of aromatic nitrogens is 2. The third-order valence-corrected chi connectivity index (χ3v) is 4.03. The number of hydrogen-bond donors (Lipinski definition) is 0. The van der Waals surface area contributed by atoms with Gasteiger partial charge in [-0.25, -0.2) is 9.97 Å². The molecule has 142 valence electrons. The Morgan fingerprint density at radius 1 is 1.15 bits per heavy atom. The summed E-state index contributed by atoms with van der Waals surface area (Å²) in [5.74, 6) is 0.472. The monoisotopic (exact) mass is 390 g/mol. The van der Waals surface area contributed by atoms with Crippen LogP contribution in [0.1, 0.15) is 26.3 Å². The van der Waals surface area contributed by atoms with Crippen LogP contribution in [0.4, 0.5) is 4.39 Å². The molecule has 6 nitrogen and oxygen atoms in total. The van der Waals surface area contributed by atoms with Crippen LogP contribution in [-0.4, -0.2) is 33.5 Å². The fourth-order valence-corrected chi connectivity index (χ4v) is 2.45. The fraction of sp³-hybridized carbons (Fsp3) is 0.316. The molecule has 0 N–H and O–H groups in total. The smallest absolute Gasteiger partial charge is 0.308 e. The number of benzene rings is 1. The molecule has 27 heavy (non-hydrogen) atoms. The molecule has 1 aliphatic heterocycles. The number of nitrogens with zero attached hydrogens (tertiary/aromatic N) is 4. The van der Waals surface area contributed by atoms with Crippen molar-refractivity contribution in [2.75, 3.05) is 6.61 Å². The standard InChI is InChI=1S/C19H20ClFN4O2/c1-19(2,3)25-24-10-17(16(20)12-27-25)26-11-13-4-6-14(7-5-13)15-8-22-18(21)23-9-15/h4-10H,11-12H2,1-3H3. The van der Waals surface area contributed by atoms with Crippen LogP contribution in [0.25, 0.3) is 11.1 Å². The maximum Gasteiger partial charge on any atom is 0.308 e. The molecule has 0 unspecified atom stereocenters. The molecule has 0 atom stereocenters. The number of halogens is 2. The summed E-state index contributed by atoms with van der Waals surface area (Å²) in [6.07, 6.45) is 3.71. The van der Waals surface area contributed by atoms with E-state index in [4.69, 9.17) is 21.2 Å². The SMILES string of the molecule is CC(C)(C)N1N=CC(OCc2ccc(-c3cnc(F)nc3)cc2)=C(Cl)CO1. The minimum Gasteiger partial charge on any atom is -0.486 e. The lowest BCUT2D eigenvalue weighted by atomic mass is 10.1. The largest absolute Gasteiger partial charge is 0.486 e. The van der Waals surface area contributed by atoms with Gasteiger partial charge in [-0.05, 0) is 31.9 Å². The second kappa shape index (κ2) is 8.02. The zero-order chi connectivity index (χ0) is 19.4. The molecule has 0 saturated heterocycles. The van der Waals surface area contributed by atoms with E-state index >= 15 is 0 Å². The van der Waals surface area contributed by atoms with Crippen molar-refractivity contribution < 1.29 is 14.0 Å². The van der Waals surface area contributed by atoms with Gasteiger partial charge in [-0.1, -0.05) is 35.9 Å². The number of ether oxygens (including phenoxy) is 1. The molecule has 1 aromatic carbocycles. The molecular formula is C19H20ClFN4O2. The maximum atomic E-state index is 12.8. The summed E-state index contributed by atoms with van der Waals surface area (Å²) in [5.41, 5.74) is 2.29. The molecule has 8 heteroatoms. The number of rotatable bonds is 4. The van der Waals surface area contributed by atoms with Crippen molar-refractivity contribution in [2.24, 2.45) is 5.10 Å². The first kappa shape index (κ1) is 19.3. The third kappa shape index (κ3) is 5.02. The van der Waals surface area contributed by atoms with E-state index in [1.165, 1.54) is 17.6 Å². The summed E-state index contributed by atoms with van der Waals surface area (Å²) < 4.78 is 18.6. The molecular weight excluding hydrogens is 371 g/mol. The molecule has 0 aliphatic carbocycles. The van der Waals surface area contributed by atoms with Crippen molar-refractivity contribution in [1.82, 2.24) is 15.1 Å². The van der Waals surface area contributed by atoms with Gasteiger partial charge in [0.05, 0.1) is 16.8 Å². The number of allylic oxidation sites excluding steroid dienone is 1. The molecule has 0 radical (unpaired) electrons. The average Bonchev–Trinajstić information content (AvgIpc) is 2.83. The van der Waals surface area contributed by atoms with E-state index in [0.717, 1.165) is 16.7 Å². The lowest BCUT2D eigenvalue weighted by Gasteiger charge is -2.30. The lowest BCUT2D eigenvalue weighted by molar-refractivity contribution is -0.200. The van der Waals surface area contributed by atoms with Crippen LogP contribution in [0.3, 0.4) is 0 Å². The van der Waals surface area contributed by atoms with Crippen molar-refractivity contribution >= 4 is 17.8 Å². The van der Waals surface area contributed by atoms with Gasteiger partial charge >= 0.3 is 6.08 Å². The van der Waals surface area contributed by atoms with E-state index in [0.29, 0.717) is 17.4 Å². The van der Waals surface area contributed by atoms with Gasteiger partial charge in [0.15, 0.2) is 5.76 Å². The summed E-state index contributed by atoms with van der Waals surface area (Å²) in [7, 11) is 0. The molecule has 2 aromatic rings. The van der Waals surface area contributed by atoms with Gasteiger partial charge in [0.25, 0.3) is 0 Å². The minimum atomic E-state index is -0.743. The highest BCUT2D eigenvalue weighted by Crippen LogP contribution is 2.22. The van der Waals surface area contributed by atoms with Gasteiger partial charge in [-0.3, -0.25) is 4.84 Å². The predicted molar refractivity (Wildman–Crippen MR) is 101 cm³/mol. The van der Waals surface area contributed by atoms with Crippen LogP contribution in [0.15, 0.2) is 52.6 Å². The molecule has 0 amide bonds. The van der Waals surface area contributed by atoms with Crippen LogP contribution in [0.2, 0.25) is 0 Å². The van der Waals surface area contributed by atoms with Crippen LogP contribution in [-0.2, 0) is 16.2 Å². The van der Waals surface area contributed by atoms with Gasteiger partial charge in [0, 0.05) is 18.0 Å². The van der Waals surface area contributed by atoms with Crippen molar-refractivity contribution in [3.8, 4) is 11.1 Å². The van der Waals surface area contributed by atoms with Gasteiger partial charge < -0.3 is 4.74 Å². The van der Waals surface area contributed by atoms with Gasteiger partial charge in [-0.2, -0.15) is 14.7 Å². The second-order valence-electron chi connectivity index (χ2n) is 6.96. The molecule has 3 rings (SSSR count). The summed E-state index contributed by atoms with van der Waals surface area (Å²) >= 11 is 6.25. The lowest BCUT2D eigenvalue weighted by Crippen LogP contribution is -2.37. The van der Waals surface area contributed by atoms with Gasteiger partial charge in [-0.15, -0.1) is 0 Å². The molecule has 1 aromatic heterocycles. The Labute approximate surface area is 162 Å². The van der Waals surface area contributed by atoms with Crippen LogP contribution < -0.4 is 0 Å². The van der Waals surface area contributed by atoms with Crippen LogP contribution >= 0.6 is 11.6 Å². The Hall–Kier alpha value is -2.51. The molecule has 0 spiro atoms. The Balaban J connectivity index is 1.65. The number of hydrazone groups is 1. The van der Waals surface area contributed by atoms with Crippen LogP contribution in [0, 0.1) is 6.08 Å². The average molecular weight is 391 g/mol. The minimum absolute atomic E-state index is 0.192. The Morgan fingerprint density at radius 2 is 1.81 bits per heavy atom. The molecule has 1 aliphatic rings. The van der Waals surface area contributed by atoms with Crippen molar-refractivity contribution in [1.29, 1.82) is 0 Å².